The van der Waals surface area contributed by atoms with Gasteiger partial charge in [-0.3, -0.25) is 4.79 Å². The quantitative estimate of drug-likeness (QED) is 0.788. The van der Waals surface area contributed by atoms with E-state index in [1.54, 1.807) is 0 Å². The molecule has 1 amide bonds. The van der Waals surface area contributed by atoms with Crippen molar-refractivity contribution >= 4 is 11.9 Å². The van der Waals surface area contributed by atoms with E-state index in [0.717, 1.165) is 12.8 Å². The van der Waals surface area contributed by atoms with E-state index >= 15 is 0 Å². The predicted molar refractivity (Wildman–Crippen MR) is 69.0 cm³/mol. The molecule has 0 saturated carbocycles. The summed E-state index contributed by atoms with van der Waals surface area (Å²) in [7, 11) is 0. The molecule has 0 aliphatic carbocycles. The number of piperidine rings is 1. The number of hydrogen-bond donors (Lipinski definition) is 2. The molecule has 3 atom stereocenters. The SMILES string of the molecule is CCC(C)(CN)C(=O)N1CCCC(C)C1C(=O)O. The Morgan fingerprint density at radius 2 is 2.11 bits per heavy atom. The van der Waals surface area contributed by atoms with Gasteiger partial charge in [-0.2, -0.15) is 0 Å². The molecule has 0 aromatic rings. The van der Waals surface area contributed by atoms with Crippen molar-refractivity contribution in [1.82, 2.24) is 4.90 Å². The molecule has 18 heavy (non-hydrogen) atoms. The summed E-state index contributed by atoms with van der Waals surface area (Å²) in [6, 6.07) is -0.705. The summed E-state index contributed by atoms with van der Waals surface area (Å²) in [5.74, 6) is -1.03. The lowest BCUT2D eigenvalue weighted by molar-refractivity contribution is -0.159. The number of carbonyl (C=O) groups excluding carboxylic acids is 1. The van der Waals surface area contributed by atoms with Gasteiger partial charge in [0.15, 0.2) is 0 Å². The van der Waals surface area contributed by atoms with Crippen molar-refractivity contribution < 1.29 is 14.7 Å². The summed E-state index contributed by atoms with van der Waals surface area (Å²) in [4.78, 5) is 25.4. The number of carboxylic acids is 1. The maximum absolute atomic E-state index is 12.5. The zero-order chi connectivity index (χ0) is 13.9. The summed E-state index contributed by atoms with van der Waals surface area (Å²) >= 11 is 0. The van der Waals surface area contributed by atoms with Gasteiger partial charge < -0.3 is 15.7 Å². The molecule has 0 radical (unpaired) electrons. The van der Waals surface area contributed by atoms with Gasteiger partial charge in [0.25, 0.3) is 0 Å². The summed E-state index contributed by atoms with van der Waals surface area (Å²) in [6.45, 7) is 6.39. The van der Waals surface area contributed by atoms with Crippen molar-refractivity contribution in [2.45, 2.75) is 46.1 Å². The van der Waals surface area contributed by atoms with E-state index in [0.29, 0.717) is 13.0 Å². The van der Waals surface area contributed by atoms with Crippen LogP contribution in [0.25, 0.3) is 0 Å². The molecule has 5 heteroatoms. The first kappa shape index (κ1) is 15.0. The van der Waals surface area contributed by atoms with Crippen molar-refractivity contribution in [2.75, 3.05) is 13.1 Å². The molecule has 0 spiro atoms. The fourth-order valence-electron chi connectivity index (χ4n) is 2.52. The van der Waals surface area contributed by atoms with Gasteiger partial charge in [-0.1, -0.05) is 13.8 Å². The van der Waals surface area contributed by atoms with Crippen LogP contribution in [0.3, 0.4) is 0 Å². The molecule has 1 heterocycles. The van der Waals surface area contributed by atoms with Crippen LogP contribution < -0.4 is 5.73 Å². The maximum Gasteiger partial charge on any atom is 0.326 e. The fourth-order valence-corrected chi connectivity index (χ4v) is 2.52. The maximum atomic E-state index is 12.5. The van der Waals surface area contributed by atoms with Gasteiger partial charge in [-0.15, -0.1) is 0 Å². The molecule has 1 saturated heterocycles. The molecule has 1 aliphatic rings. The van der Waals surface area contributed by atoms with E-state index in [2.05, 4.69) is 0 Å². The second-order valence-corrected chi connectivity index (χ2v) is 5.52. The number of rotatable bonds is 4. The molecule has 1 aliphatic heterocycles. The average molecular weight is 256 g/mol. The molecule has 5 nitrogen and oxygen atoms in total. The van der Waals surface area contributed by atoms with Gasteiger partial charge in [0, 0.05) is 13.1 Å². The number of carboxylic acid groups (broad SMARTS) is 1. The van der Waals surface area contributed by atoms with E-state index in [-0.39, 0.29) is 18.4 Å². The standard InChI is InChI=1S/C13H24N2O3/c1-4-13(3,8-14)12(18)15-7-5-6-9(2)10(15)11(16)17/h9-10H,4-8,14H2,1-3H3,(H,16,17). The molecule has 104 valence electrons. The minimum Gasteiger partial charge on any atom is -0.480 e. The lowest BCUT2D eigenvalue weighted by atomic mass is 9.82. The highest BCUT2D eigenvalue weighted by molar-refractivity contribution is 5.87. The zero-order valence-electron chi connectivity index (χ0n) is 11.5. The normalized spacial score (nSPS) is 27.7. The second kappa shape index (κ2) is 5.69. The zero-order valence-corrected chi connectivity index (χ0v) is 11.5. The Bertz CT molecular complexity index is 326. The van der Waals surface area contributed by atoms with Crippen molar-refractivity contribution in [3.63, 3.8) is 0 Å². The highest BCUT2D eigenvalue weighted by Crippen LogP contribution is 2.30. The van der Waals surface area contributed by atoms with Gasteiger partial charge >= 0.3 is 5.97 Å². The van der Waals surface area contributed by atoms with Crippen LogP contribution in [0.5, 0.6) is 0 Å². The number of hydrogen-bond acceptors (Lipinski definition) is 3. The second-order valence-electron chi connectivity index (χ2n) is 5.52. The summed E-state index contributed by atoms with van der Waals surface area (Å²) in [6.07, 6.45) is 2.34. The number of nitrogens with zero attached hydrogens (tertiary/aromatic N) is 1. The summed E-state index contributed by atoms with van der Waals surface area (Å²) < 4.78 is 0. The third kappa shape index (κ3) is 2.66. The van der Waals surface area contributed by atoms with Crippen molar-refractivity contribution in [3.8, 4) is 0 Å². The monoisotopic (exact) mass is 256 g/mol. The first-order valence-corrected chi connectivity index (χ1v) is 6.61. The Morgan fingerprint density at radius 1 is 1.50 bits per heavy atom. The molecule has 3 N–H and O–H groups in total. The molecule has 1 rings (SSSR count). The smallest absolute Gasteiger partial charge is 0.326 e. The third-order valence-electron chi connectivity index (χ3n) is 4.19. The van der Waals surface area contributed by atoms with Crippen molar-refractivity contribution in [1.29, 1.82) is 0 Å². The minimum atomic E-state index is -0.911. The van der Waals surface area contributed by atoms with Crippen molar-refractivity contribution in [3.05, 3.63) is 0 Å². The van der Waals surface area contributed by atoms with Gasteiger partial charge in [-0.25, -0.2) is 4.79 Å². The molecule has 1 fully saturated rings. The van der Waals surface area contributed by atoms with Crippen LogP contribution in [0, 0.1) is 11.3 Å². The van der Waals surface area contributed by atoms with Crippen LogP contribution in [-0.2, 0) is 9.59 Å². The molecule has 0 bridgehead atoms. The van der Waals surface area contributed by atoms with Crippen LogP contribution in [-0.4, -0.2) is 41.0 Å². The molecular weight excluding hydrogens is 232 g/mol. The van der Waals surface area contributed by atoms with E-state index in [1.165, 1.54) is 4.90 Å². The van der Waals surface area contributed by atoms with Crippen molar-refractivity contribution in [2.24, 2.45) is 17.1 Å². The third-order valence-corrected chi connectivity index (χ3v) is 4.19. The van der Waals surface area contributed by atoms with E-state index in [1.807, 2.05) is 20.8 Å². The largest absolute Gasteiger partial charge is 0.480 e. The topological polar surface area (TPSA) is 83.6 Å². The van der Waals surface area contributed by atoms with E-state index in [9.17, 15) is 14.7 Å². The summed E-state index contributed by atoms with van der Waals surface area (Å²) in [5.41, 5.74) is 5.04. The molecular formula is C13H24N2O3. The lowest BCUT2D eigenvalue weighted by Crippen LogP contribution is -2.57. The van der Waals surface area contributed by atoms with Gasteiger partial charge in [0.05, 0.1) is 5.41 Å². The lowest BCUT2D eigenvalue weighted by Gasteiger charge is -2.41. The first-order chi connectivity index (χ1) is 8.37. The van der Waals surface area contributed by atoms with Gasteiger partial charge in [-0.05, 0) is 32.1 Å². The van der Waals surface area contributed by atoms with Crippen LogP contribution in [0.15, 0.2) is 0 Å². The van der Waals surface area contributed by atoms with Crippen LogP contribution >= 0.6 is 0 Å². The van der Waals surface area contributed by atoms with E-state index in [4.69, 9.17) is 5.73 Å². The van der Waals surface area contributed by atoms with Crippen LogP contribution in [0.2, 0.25) is 0 Å². The van der Waals surface area contributed by atoms with Crippen LogP contribution in [0.4, 0.5) is 0 Å². The Balaban J connectivity index is 2.98. The summed E-state index contributed by atoms with van der Waals surface area (Å²) in [5, 5.41) is 9.31. The highest BCUT2D eigenvalue weighted by atomic mass is 16.4. The number of likely N-dealkylation sites (tertiary alicyclic amines) is 1. The fraction of sp³-hybridized carbons (Fsp3) is 0.846. The number of amides is 1. The average Bonchev–Trinajstić information content (AvgIpc) is 2.36. The Kier molecular flexibility index (Phi) is 4.73. The molecule has 0 aromatic carbocycles. The molecule has 3 unspecified atom stereocenters. The molecule has 0 aromatic heterocycles. The highest BCUT2D eigenvalue weighted by Gasteiger charge is 2.42. The number of nitrogens with two attached hydrogens (primary N) is 1. The minimum absolute atomic E-state index is 0.000851. The van der Waals surface area contributed by atoms with E-state index < -0.39 is 17.4 Å². The Morgan fingerprint density at radius 3 is 2.56 bits per heavy atom. The Labute approximate surface area is 108 Å². The first-order valence-electron chi connectivity index (χ1n) is 6.61. The van der Waals surface area contributed by atoms with Crippen LogP contribution in [0.1, 0.15) is 40.0 Å². The number of carbonyl (C=O) groups is 2. The van der Waals surface area contributed by atoms with Gasteiger partial charge in [0.1, 0.15) is 6.04 Å². The van der Waals surface area contributed by atoms with Gasteiger partial charge in [0.2, 0.25) is 5.91 Å². The number of aliphatic carboxylic acids is 1. The Hall–Kier alpha value is -1.10. The predicted octanol–water partition coefficient (Wildman–Crippen LogP) is 1.07.